The number of nitrogens with zero attached hydrogens (tertiary/aromatic N) is 1. The molecule has 140 valence electrons. The predicted octanol–water partition coefficient (Wildman–Crippen LogP) is 3.59. The first-order valence-electron chi connectivity index (χ1n) is 8.37. The van der Waals surface area contributed by atoms with Gasteiger partial charge in [0.25, 0.3) is 11.8 Å². The molecule has 2 aromatic carbocycles. The number of urea groups is 1. The molecule has 3 rings (SSSR count). The van der Waals surface area contributed by atoms with Crippen molar-refractivity contribution in [2.24, 2.45) is 0 Å². The van der Waals surface area contributed by atoms with E-state index >= 15 is 0 Å². The Morgan fingerprint density at radius 1 is 1.00 bits per heavy atom. The Labute approximate surface area is 170 Å². The molecule has 2 aromatic rings. The zero-order valence-electron chi connectivity index (χ0n) is 14.3. The molecule has 0 aliphatic carbocycles. The van der Waals surface area contributed by atoms with E-state index < -0.39 is 0 Å². The number of imide groups is 1. The summed E-state index contributed by atoms with van der Waals surface area (Å²) in [6, 6.07) is 11.9. The molecule has 0 saturated heterocycles. The fourth-order valence-electron chi connectivity index (χ4n) is 2.75. The molecule has 0 spiro atoms. The van der Waals surface area contributed by atoms with Crippen LogP contribution in [-0.2, 0) is 6.54 Å². The van der Waals surface area contributed by atoms with Crippen molar-refractivity contribution in [2.45, 2.75) is 13.0 Å². The van der Waals surface area contributed by atoms with Gasteiger partial charge in [-0.25, -0.2) is 4.79 Å². The van der Waals surface area contributed by atoms with E-state index in [1.807, 2.05) is 12.1 Å². The van der Waals surface area contributed by atoms with E-state index in [-0.39, 0.29) is 24.4 Å². The van der Waals surface area contributed by atoms with Crippen LogP contribution in [0.1, 0.15) is 32.7 Å². The monoisotopic (exact) mass is 449 g/mol. The van der Waals surface area contributed by atoms with Crippen molar-refractivity contribution in [3.05, 3.63) is 68.7 Å². The standard InChI is InChI=1S/C19H17BrClN3O3/c20-13-4-7-15-16(10-13)18(26)24(17(15)25)9-1-8-22-19(27)23-11-12-2-5-14(21)6-3-12/h2-7,10H,1,8-9,11H2,(H2,22,23,27). The van der Waals surface area contributed by atoms with E-state index in [9.17, 15) is 14.4 Å². The van der Waals surface area contributed by atoms with Gasteiger partial charge in [-0.2, -0.15) is 0 Å². The minimum atomic E-state index is -0.309. The minimum Gasteiger partial charge on any atom is -0.338 e. The van der Waals surface area contributed by atoms with E-state index in [0.717, 1.165) is 10.0 Å². The highest BCUT2D eigenvalue weighted by Gasteiger charge is 2.34. The minimum absolute atomic E-state index is 0.251. The van der Waals surface area contributed by atoms with Gasteiger partial charge in [0.05, 0.1) is 11.1 Å². The largest absolute Gasteiger partial charge is 0.338 e. The third-order valence-electron chi connectivity index (χ3n) is 4.14. The molecule has 1 aliphatic heterocycles. The maximum absolute atomic E-state index is 12.3. The van der Waals surface area contributed by atoms with Crippen LogP contribution in [0.15, 0.2) is 46.9 Å². The summed E-state index contributed by atoms with van der Waals surface area (Å²) in [7, 11) is 0. The van der Waals surface area contributed by atoms with Crippen molar-refractivity contribution in [1.29, 1.82) is 0 Å². The first-order chi connectivity index (χ1) is 13.0. The molecule has 4 amide bonds. The Bertz CT molecular complexity index is 886. The predicted molar refractivity (Wildman–Crippen MR) is 106 cm³/mol. The zero-order chi connectivity index (χ0) is 19.4. The van der Waals surface area contributed by atoms with E-state index in [2.05, 4.69) is 26.6 Å². The number of fused-ring (bicyclic) bond motifs is 1. The average molecular weight is 451 g/mol. The Balaban J connectivity index is 1.41. The summed E-state index contributed by atoms with van der Waals surface area (Å²) in [5, 5.41) is 6.10. The summed E-state index contributed by atoms with van der Waals surface area (Å²) in [6.45, 7) is 0.987. The van der Waals surface area contributed by atoms with Crippen LogP contribution >= 0.6 is 27.5 Å². The zero-order valence-corrected chi connectivity index (χ0v) is 16.6. The van der Waals surface area contributed by atoms with Gasteiger partial charge in [-0.15, -0.1) is 0 Å². The number of nitrogens with one attached hydrogen (secondary N) is 2. The third-order valence-corrected chi connectivity index (χ3v) is 4.89. The van der Waals surface area contributed by atoms with Crippen molar-refractivity contribution < 1.29 is 14.4 Å². The molecular formula is C19H17BrClN3O3. The van der Waals surface area contributed by atoms with Gasteiger partial charge in [0.1, 0.15) is 0 Å². The number of hydrogen-bond acceptors (Lipinski definition) is 3. The Morgan fingerprint density at radius 3 is 2.44 bits per heavy atom. The second kappa shape index (κ2) is 8.54. The van der Waals surface area contributed by atoms with E-state index in [1.54, 1.807) is 30.3 Å². The molecule has 0 saturated carbocycles. The Morgan fingerprint density at radius 2 is 1.70 bits per heavy atom. The highest BCUT2D eigenvalue weighted by Crippen LogP contribution is 2.25. The fourth-order valence-corrected chi connectivity index (χ4v) is 3.24. The van der Waals surface area contributed by atoms with E-state index in [1.165, 1.54) is 4.90 Å². The van der Waals surface area contributed by atoms with Crippen molar-refractivity contribution >= 4 is 45.4 Å². The van der Waals surface area contributed by atoms with Crippen LogP contribution < -0.4 is 10.6 Å². The van der Waals surface area contributed by atoms with Gasteiger partial charge in [0, 0.05) is 29.1 Å². The second-order valence-electron chi connectivity index (χ2n) is 6.04. The average Bonchev–Trinajstić information content (AvgIpc) is 2.88. The molecule has 8 heteroatoms. The lowest BCUT2D eigenvalue weighted by molar-refractivity contribution is 0.0653. The lowest BCUT2D eigenvalue weighted by Gasteiger charge is -2.14. The fraction of sp³-hybridized carbons (Fsp3) is 0.211. The topological polar surface area (TPSA) is 78.5 Å². The Kier molecular flexibility index (Phi) is 6.13. The number of amides is 4. The summed E-state index contributed by atoms with van der Waals surface area (Å²) >= 11 is 9.12. The highest BCUT2D eigenvalue weighted by molar-refractivity contribution is 9.10. The van der Waals surface area contributed by atoms with Crippen LogP contribution in [0.2, 0.25) is 5.02 Å². The van der Waals surface area contributed by atoms with Gasteiger partial charge in [-0.05, 0) is 42.3 Å². The van der Waals surface area contributed by atoms with Crippen LogP contribution in [-0.4, -0.2) is 35.8 Å². The molecular weight excluding hydrogens is 434 g/mol. The molecule has 0 radical (unpaired) electrons. The molecule has 2 N–H and O–H groups in total. The maximum Gasteiger partial charge on any atom is 0.315 e. The number of carbonyl (C=O) groups is 3. The molecule has 1 aliphatic rings. The normalized spacial score (nSPS) is 12.9. The highest BCUT2D eigenvalue weighted by atomic mass is 79.9. The molecule has 27 heavy (non-hydrogen) atoms. The molecule has 0 unspecified atom stereocenters. The van der Waals surface area contributed by atoms with Crippen molar-refractivity contribution in [3.63, 3.8) is 0 Å². The molecule has 0 bridgehead atoms. The molecule has 0 fully saturated rings. The smallest absolute Gasteiger partial charge is 0.315 e. The molecule has 0 aromatic heterocycles. The summed E-state index contributed by atoms with van der Waals surface area (Å²) in [5.41, 5.74) is 1.76. The lowest BCUT2D eigenvalue weighted by atomic mass is 10.1. The van der Waals surface area contributed by atoms with Crippen LogP contribution in [0.3, 0.4) is 0 Å². The van der Waals surface area contributed by atoms with Crippen molar-refractivity contribution in [3.8, 4) is 0 Å². The van der Waals surface area contributed by atoms with Gasteiger partial charge >= 0.3 is 6.03 Å². The van der Waals surface area contributed by atoms with E-state index in [0.29, 0.717) is 35.7 Å². The summed E-state index contributed by atoms with van der Waals surface area (Å²) < 4.78 is 0.753. The lowest BCUT2D eigenvalue weighted by Crippen LogP contribution is -2.37. The molecule has 0 atom stereocenters. The van der Waals surface area contributed by atoms with Gasteiger partial charge in [-0.3, -0.25) is 14.5 Å². The van der Waals surface area contributed by atoms with Gasteiger partial charge in [0.15, 0.2) is 0 Å². The number of benzene rings is 2. The van der Waals surface area contributed by atoms with Gasteiger partial charge in [-0.1, -0.05) is 39.7 Å². The van der Waals surface area contributed by atoms with Crippen LogP contribution in [0, 0.1) is 0 Å². The number of halogens is 2. The van der Waals surface area contributed by atoms with Crippen LogP contribution in [0.4, 0.5) is 4.79 Å². The first kappa shape index (κ1) is 19.4. The van der Waals surface area contributed by atoms with Crippen LogP contribution in [0.5, 0.6) is 0 Å². The number of hydrogen-bond donors (Lipinski definition) is 2. The SMILES string of the molecule is O=C(NCCCN1C(=O)c2ccc(Br)cc2C1=O)NCc1ccc(Cl)cc1. The third kappa shape index (κ3) is 4.67. The summed E-state index contributed by atoms with van der Waals surface area (Å²) in [4.78, 5) is 37.7. The Hall–Kier alpha value is -2.38. The van der Waals surface area contributed by atoms with Gasteiger partial charge in [0.2, 0.25) is 0 Å². The summed E-state index contributed by atoms with van der Waals surface area (Å²) in [5.74, 6) is -0.599. The van der Waals surface area contributed by atoms with Crippen molar-refractivity contribution in [1.82, 2.24) is 15.5 Å². The summed E-state index contributed by atoms with van der Waals surface area (Å²) in [6.07, 6.45) is 0.473. The molecule has 6 nitrogen and oxygen atoms in total. The second-order valence-corrected chi connectivity index (χ2v) is 7.39. The van der Waals surface area contributed by atoms with Gasteiger partial charge < -0.3 is 10.6 Å². The maximum atomic E-state index is 12.3. The van der Waals surface area contributed by atoms with E-state index in [4.69, 9.17) is 11.6 Å². The van der Waals surface area contributed by atoms with Crippen LogP contribution in [0.25, 0.3) is 0 Å². The number of rotatable bonds is 6. The molecule has 1 heterocycles. The first-order valence-corrected chi connectivity index (χ1v) is 9.54. The number of carbonyl (C=O) groups excluding carboxylic acids is 3. The quantitative estimate of drug-likeness (QED) is 0.521. The van der Waals surface area contributed by atoms with Crippen molar-refractivity contribution in [2.75, 3.05) is 13.1 Å².